The van der Waals surface area contributed by atoms with Gasteiger partial charge in [-0.2, -0.15) is 0 Å². The Morgan fingerprint density at radius 2 is 0.844 bits per heavy atom. The van der Waals surface area contributed by atoms with Crippen LogP contribution >= 0.6 is 0 Å². The minimum atomic E-state index is 0.459. The first-order valence-electron chi connectivity index (χ1n) is 10.8. The van der Waals surface area contributed by atoms with Crippen molar-refractivity contribution in [2.45, 2.75) is 26.4 Å². The quantitative estimate of drug-likeness (QED) is 0.280. The first-order chi connectivity index (χ1) is 15.8. The van der Waals surface area contributed by atoms with Crippen molar-refractivity contribution in [1.82, 2.24) is 9.97 Å². The summed E-state index contributed by atoms with van der Waals surface area (Å²) >= 11 is 0. The summed E-state index contributed by atoms with van der Waals surface area (Å²) < 4.78 is 11.8. The second kappa shape index (κ2) is 9.69. The first kappa shape index (κ1) is 20.3. The van der Waals surface area contributed by atoms with Crippen LogP contribution in [0.4, 0.5) is 0 Å². The van der Waals surface area contributed by atoms with E-state index in [1.54, 1.807) is 0 Å². The van der Waals surface area contributed by atoms with Gasteiger partial charge in [0.2, 0.25) is 0 Å². The highest BCUT2D eigenvalue weighted by Crippen LogP contribution is 2.23. The Balaban J connectivity index is 1.33. The molecule has 5 aromatic rings. The molecule has 0 radical (unpaired) electrons. The monoisotopic (exact) mass is 420 g/mol. The molecule has 0 unspecified atom stereocenters. The zero-order valence-corrected chi connectivity index (χ0v) is 17.8. The summed E-state index contributed by atoms with van der Waals surface area (Å²) in [7, 11) is 0. The van der Waals surface area contributed by atoms with E-state index in [2.05, 4.69) is 48.5 Å². The van der Waals surface area contributed by atoms with E-state index in [0.29, 0.717) is 26.4 Å². The average Bonchev–Trinajstić information content (AvgIpc) is 2.85. The zero-order chi connectivity index (χ0) is 21.6. The van der Waals surface area contributed by atoms with Gasteiger partial charge in [0.1, 0.15) is 0 Å². The molecule has 0 amide bonds. The third-order valence-corrected chi connectivity index (χ3v) is 5.36. The number of pyridine rings is 2. The van der Waals surface area contributed by atoms with Crippen LogP contribution in [0.3, 0.4) is 0 Å². The van der Waals surface area contributed by atoms with Crippen LogP contribution in [0.2, 0.25) is 0 Å². The van der Waals surface area contributed by atoms with Gasteiger partial charge in [-0.3, -0.25) is 0 Å². The number of aromatic nitrogens is 2. The lowest BCUT2D eigenvalue weighted by atomic mass is 10.1. The van der Waals surface area contributed by atoms with Gasteiger partial charge in [-0.25, -0.2) is 9.97 Å². The molecule has 4 heteroatoms. The number of ether oxygens (including phenoxy) is 2. The molecule has 5 rings (SSSR count). The van der Waals surface area contributed by atoms with Gasteiger partial charge in [-0.05, 0) is 23.3 Å². The van der Waals surface area contributed by atoms with Crippen molar-refractivity contribution in [2.24, 2.45) is 0 Å². The lowest BCUT2D eigenvalue weighted by Gasteiger charge is -2.09. The van der Waals surface area contributed by atoms with Crippen molar-refractivity contribution in [2.75, 3.05) is 0 Å². The van der Waals surface area contributed by atoms with Crippen LogP contribution in [-0.2, 0) is 35.9 Å². The summed E-state index contributed by atoms with van der Waals surface area (Å²) in [5.74, 6) is 0. The number of fused-ring (bicyclic) bond motifs is 3. The van der Waals surface area contributed by atoms with Crippen molar-refractivity contribution in [3.63, 3.8) is 0 Å². The van der Waals surface area contributed by atoms with Gasteiger partial charge in [-0.15, -0.1) is 0 Å². The van der Waals surface area contributed by atoms with Gasteiger partial charge in [0.05, 0.1) is 48.8 Å². The van der Waals surface area contributed by atoms with Gasteiger partial charge in [-0.1, -0.05) is 84.9 Å². The second-order valence-electron chi connectivity index (χ2n) is 7.77. The summed E-state index contributed by atoms with van der Waals surface area (Å²) in [4.78, 5) is 9.75. The van der Waals surface area contributed by atoms with Crippen molar-refractivity contribution < 1.29 is 9.47 Å². The summed E-state index contributed by atoms with van der Waals surface area (Å²) in [6.07, 6.45) is 0. The van der Waals surface area contributed by atoms with Crippen molar-refractivity contribution in [3.8, 4) is 0 Å². The normalized spacial score (nSPS) is 11.2. The maximum absolute atomic E-state index is 5.88. The predicted molar refractivity (Wildman–Crippen MR) is 127 cm³/mol. The summed E-state index contributed by atoms with van der Waals surface area (Å²) in [6, 6.07) is 32.7. The fraction of sp³-hybridized carbons (Fsp3) is 0.143. The Hall–Kier alpha value is -3.60. The topological polar surface area (TPSA) is 44.2 Å². The molecule has 0 atom stereocenters. The predicted octanol–water partition coefficient (Wildman–Crippen LogP) is 6.22. The molecule has 0 saturated carbocycles. The molecule has 158 valence electrons. The Morgan fingerprint density at radius 3 is 1.28 bits per heavy atom. The van der Waals surface area contributed by atoms with Crippen molar-refractivity contribution >= 4 is 21.8 Å². The highest BCUT2D eigenvalue weighted by Gasteiger charge is 2.07. The Labute approximate surface area is 187 Å². The molecule has 0 saturated heterocycles. The number of hydrogen-bond donors (Lipinski definition) is 0. The van der Waals surface area contributed by atoms with Gasteiger partial charge in [0, 0.05) is 10.8 Å². The molecule has 0 aliphatic rings. The zero-order valence-electron chi connectivity index (χ0n) is 17.8. The van der Waals surface area contributed by atoms with Crippen LogP contribution in [-0.4, -0.2) is 9.97 Å². The maximum atomic E-state index is 5.88. The van der Waals surface area contributed by atoms with Crippen LogP contribution in [0.15, 0.2) is 97.1 Å². The second-order valence-corrected chi connectivity index (χ2v) is 7.77. The van der Waals surface area contributed by atoms with Gasteiger partial charge >= 0.3 is 0 Å². The summed E-state index contributed by atoms with van der Waals surface area (Å²) in [5.41, 5.74) is 5.89. The molecular weight excluding hydrogens is 396 g/mol. The standard InChI is InChI=1S/C28H24N2O2/c1-3-7-21(8-4-1)17-31-19-25-15-13-23-11-12-24-14-16-26(30-28(24)27(23)29-25)20-32-18-22-9-5-2-6-10-22/h1-16H,17-20H2. The molecule has 0 aliphatic carbocycles. The van der Waals surface area contributed by atoms with E-state index >= 15 is 0 Å². The lowest BCUT2D eigenvalue weighted by Crippen LogP contribution is -1.99. The Kier molecular flexibility index (Phi) is 6.15. The molecule has 4 nitrogen and oxygen atoms in total. The number of rotatable bonds is 8. The largest absolute Gasteiger partial charge is 0.370 e. The minimum absolute atomic E-state index is 0.459. The Bertz CT molecular complexity index is 1220. The molecule has 0 aliphatic heterocycles. The van der Waals surface area contributed by atoms with Crippen LogP contribution in [0, 0.1) is 0 Å². The molecule has 3 aromatic carbocycles. The third kappa shape index (κ3) is 4.83. The van der Waals surface area contributed by atoms with Gasteiger partial charge in [0.15, 0.2) is 0 Å². The fourth-order valence-electron chi connectivity index (χ4n) is 3.70. The number of benzene rings is 3. The van der Waals surface area contributed by atoms with Crippen LogP contribution < -0.4 is 0 Å². The number of hydrogen-bond acceptors (Lipinski definition) is 4. The van der Waals surface area contributed by atoms with Crippen molar-refractivity contribution in [3.05, 3.63) is 120 Å². The van der Waals surface area contributed by atoms with Crippen LogP contribution in [0.25, 0.3) is 21.8 Å². The highest BCUT2D eigenvalue weighted by atomic mass is 16.5. The first-order valence-corrected chi connectivity index (χ1v) is 10.8. The SMILES string of the molecule is c1ccc(COCc2ccc3ccc4ccc(COCc5ccccc5)nc4c3n2)cc1. The van der Waals surface area contributed by atoms with E-state index < -0.39 is 0 Å². The summed E-state index contributed by atoms with van der Waals surface area (Å²) in [5, 5.41) is 2.14. The lowest BCUT2D eigenvalue weighted by molar-refractivity contribution is 0.104. The minimum Gasteiger partial charge on any atom is -0.370 e. The highest BCUT2D eigenvalue weighted by molar-refractivity contribution is 6.02. The van der Waals surface area contributed by atoms with E-state index in [1.807, 2.05) is 48.5 Å². The molecule has 32 heavy (non-hydrogen) atoms. The van der Waals surface area contributed by atoms with Gasteiger partial charge in [0.25, 0.3) is 0 Å². The molecule has 0 bridgehead atoms. The smallest absolute Gasteiger partial charge is 0.0969 e. The molecule has 0 spiro atoms. The third-order valence-electron chi connectivity index (χ3n) is 5.36. The Morgan fingerprint density at radius 1 is 0.438 bits per heavy atom. The number of nitrogens with zero attached hydrogens (tertiary/aromatic N) is 2. The van der Waals surface area contributed by atoms with E-state index in [-0.39, 0.29) is 0 Å². The van der Waals surface area contributed by atoms with E-state index in [1.165, 1.54) is 0 Å². The van der Waals surface area contributed by atoms with E-state index in [4.69, 9.17) is 19.4 Å². The van der Waals surface area contributed by atoms with Crippen molar-refractivity contribution in [1.29, 1.82) is 0 Å². The van der Waals surface area contributed by atoms with Crippen LogP contribution in [0.1, 0.15) is 22.5 Å². The molecule has 0 N–H and O–H groups in total. The average molecular weight is 421 g/mol. The molecular formula is C28H24N2O2. The summed E-state index contributed by atoms with van der Waals surface area (Å²) in [6.45, 7) is 2.05. The molecule has 0 fully saturated rings. The fourth-order valence-corrected chi connectivity index (χ4v) is 3.70. The van der Waals surface area contributed by atoms with Gasteiger partial charge < -0.3 is 9.47 Å². The molecule has 2 aromatic heterocycles. The molecule has 2 heterocycles. The van der Waals surface area contributed by atoms with E-state index in [9.17, 15) is 0 Å². The maximum Gasteiger partial charge on any atom is 0.0969 e. The van der Waals surface area contributed by atoms with E-state index in [0.717, 1.165) is 44.3 Å². The van der Waals surface area contributed by atoms with Crippen LogP contribution in [0.5, 0.6) is 0 Å².